The number of fused-ring (bicyclic) bond motifs is 4. The van der Waals surface area contributed by atoms with Crippen molar-refractivity contribution in [3.8, 4) is 28.4 Å². The lowest BCUT2D eigenvalue weighted by Crippen LogP contribution is -2.41. The fraction of sp³-hybridized carbons (Fsp3) is 0.378. The second kappa shape index (κ2) is 10.7. The van der Waals surface area contributed by atoms with Crippen LogP contribution < -0.4 is 10.5 Å². The van der Waals surface area contributed by atoms with Gasteiger partial charge in [0.05, 0.1) is 23.8 Å². The number of carbonyl (C=O) groups is 2. The highest BCUT2D eigenvalue weighted by molar-refractivity contribution is 6.02. The SMILES string of the molecule is COc1cc(C(=O)N2C[C@H]3CC[C@@H]2[C@@H]3N)cc2nc(-c3cc4cccc(-c5ccc(C(=O)N(C)C)cc5)c4n3CC3CC3)n(C)c12. The number of para-hydroxylation sites is 1. The molecule has 3 heterocycles. The average molecular weight is 617 g/mol. The Morgan fingerprint density at radius 3 is 2.41 bits per heavy atom. The number of amides is 2. The normalized spacial score (nSPS) is 20.6. The van der Waals surface area contributed by atoms with E-state index in [1.165, 1.54) is 12.8 Å². The van der Waals surface area contributed by atoms with Gasteiger partial charge in [0.2, 0.25) is 0 Å². The summed E-state index contributed by atoms with van der Waals surface area (Å²) in [6, 6.07) is 20.5. The molecule has 0 spiro atoms. The predicted molar refractivity (Wildman–Crippen MR) is 180 cm³/mol. The summed E-state index contributed by atoms with van der Waals surface area (Å²) < 4.78 is 10.4. The number of benzene rings is 3. The average Bonchev–Trinajstić information content (AvgIpc) is 3.45. The van der Waals surface area contributed by atoms with Crippen molar-refractivity contribution < 1.29 is 14.3 Å². The van der Waals surface area contributed by atoms with Gasteiger partial charge in [-0.05, 0) is 73.4 Å². The summed E-state index contributed by atoms with van der Waals surface area (Å²) in [5.74, 6) is 2.46. The van der Waals surface area contributed by atoms with Gasteiger partial charge in [-0.1, -0.05) is 30.3 Å². The molecule has 9 nitrogen and oxygen atoms in total. The number of aromatic nitrogens is 3. The van der Waals surface area contributed by atoms with Crippen molar-refractivity contribution in [2.24, 2.45) is 24.6 Å². The molecule has 1 aliphatic heterocycles. The zero-order valence-corrected chi connectivity index (χ0v) is 26.9. The first-order valence-electron chi connectivity index (χ1n) is 16.3. The Hall–Kier alpha value is -4.63. The summed E-state index contributed by atoms with van der Waals surface area (Å²) in [6.45, 7) is 1.62. The minimum Gasteiger partial charge on any atom is -0.494 e. The van der Waals surface area contributed by atoms with Crippen LogP contribution in [0.5, 0.6) is 5.75 Å². The largest absolute Gasteiger partial charge is 0.494 e. The number of carbonyl (C=O) groups excluding carboxylic acids is 2. The maximum Gasteiger partial charge on any atom is 0.254 e. The molecule has 1 saturated heterocycles. The number of nitrogens with zero attached hydrogens (tertiary/aromatic N) is 5. The van der Waals surface area contributed by atoms with E-state index in [9.17, 15) is 9.59 Å². The molecule has 236 valence electrons. The third-order valence-corrected chi connectivity index (χ3v) is 10.5. The van der Waals surface area contributed by atoms with Crippen LogP contribution in [-0.2, 0) is 13.6 Å². The highest BCUT2D eigenvalue weighted by Crippen LogP contribution is 2.42. The lowest BCUT2D eigenvalue weighted by atomic mass is 10.0. The van der Waals surface area contributed by atoms with E-state index < -0.39 is 0 Å². The topological polar surface area (TPSA) is 98.6 Å². The minimum atomic E-state index is -0.0116. The van der Waals surface area contributed by atoms with E-state index >= 15 is 0 Å². The van der Waals surface area contributed by atoms with E-state index in [1.54, 1.807) is 26.1 Å². The number of methoxy groups -OCH3 is 1. The lowest BCUT2D eigenvalue weighted by molar-refractivity contribution is 0.0700. The maximum absolute atomic E-state index is 13.8. The Morgan fingerprint density at radius 2 is 1.76 bits per heavy atom. The lowest BCUT2D eigenvalue weighted by Gasteiger charge is -2.27. The molecule has 2 N–H and O–H groups in total. The quantitative estimate of drug-likeness (QED) is 0.259. The first-order chi connectivity index (χ1) is 22.2. The Bertz CT molecular complexity index is 2020. The van der Waals surface area contributed by atoms with Gasteiger partial charge in [0.15, 0.2) is 5.82 Å². The van der Waals surface area contributed by atoms with Crippen LogP contribution in [0.1, 0.15) is 46.4 Å². The summed E-state index contributed by atoms with van der Waals surface area (Å²) >= 11 is 0. The van der Waals surface area contributed by atoms with Crippen LogP contribution in [0.25, 0.3) is 44.6 Å². The van der Waals surface area contributed by atoms with Crippen molar-refractivity contribution in [2.45, 2.75) is 44.3 Å². The van der Waals surface area contributed by atoms with Gasteiger partial charge in [0.1, 0.15) is 11.3 Å². The number of hydrogen-bond donors (Lipinski definition) is 1. The zero-order chi connectivity index (χ0) is 31.9. The van der Waals surface area contributed by atoms with Crippen LogP contribution in [0.3, 0.4) is 0 Å². The van der Waals surface area contributed by atoms with E-state index in [4.69, 9.17) is 15.5 Å². The van der Waals surface area contributed by atoms with E-state index in [-0.39, 0.29) is 23.9 Å². The molecule has 3 aliphatic rings. The number of hydrogen-bond acceptors (Lipinski definition) is 5. The highest BCUT2D eigenvalue weighted by atomic mass is 16.5. The molecule has 2 aliphatic carbocycles. The molecule has 2 bridgehead atoms. The Balaban J connectivity index is 1.24. The first-order valence-corrected chi connectivity index (χ1v) is 16.3. The summed E-state index contributed by atoms with van der Waals surface area (Å²) in [5, 5.41) is 1.14. The van der Waals surface area contributed by atoms with Crippen molar-refractivity contribution in [1.29, 1.82) is 0 Å². The number of aryl methyl sites for hydroxylation is 1. The van der Waals surface area contributed by atoms with Gasteiger partial charge >= 0.3 is 0 Å². The molecule has 5 aromatic rings. The van der Waals surface area contributed by atoms with Crippen molar-refractivity contribution in [1.82, 2.24) is 23.9 Å². The number of likely N-dealkylation sites (tertiary alicyclic amines) is 1. The van der Waals surface area contributed by atoms with E-state index in [0.29, 0.717) is 28.7 Å². The van der Waals surface area contributed by atoms with Crippen molar-refractivity contribution >= 4 is 33.8 Å². The Morgan fingerprint density at radius 1 is 0.978 bits per heavy atom. The molecule has 8 rings (SSSR count). The second-order valence-electron chi connectivity index (χ2n) is 13.6. The van der Waals surface area contributed by atoms with Crippen LogP contribution in [0.15, 0.2) is 60.7 Å². The van der Waals surface area contributed by atoms with Crippen LogP contribution >= 0.6 is 0 Å². The fourth-order valence-electron chi connectivity index (χ4n) is 7.81. The zero-order valence-electron chi connectivity index (χ0n) is 26.9. The second-order valence-corrected chi connectivity index (χ2v) is 13.6. The van der Waals surface area contributed by atoms with Gasteiger partial charge in [0.25, 0.3) is 11.8 Å². The molecule has 3 atom stereocenters. The molecule has 2 aromatic heterocycles. The van der Waals surface area contributed by atoms with Crippen LogP contribution in [0.2, 0.25) is 0 Å². The van der Waals surface area contributed by atoms with Gasteiger partial charge in [-0.15, -0.1) is 0 Å². The molecule has 3 fully saturated rings. The molecular formula is C37H40N6O3. The molecule has 46 heavy (non-hydrogen) atoms. The number of ether oxygens (including phenoxy) is 1. The molecule has 9 heteroatoms. The number of nitrogens with two attached hydrogens (primary N) is 1. The number of rotatable bonds is 7. The van der Waals surface area contributed by atoms with Crippen molar-refractivity contribution in [3.63, 3.8) is 0 Å². The molecule has 2 saturated carbocycles. The van der Waals surface area contributed by atoms with Gasteiger partial charge < -0.3 is 29.4 Å². The Kier molecular flexibility index (Phi) is 6.72. The highest BCUT2D eigenvalue weighted by Gasteiger charge is 2.47. The minimum absolute atomic E-state index is 0.000780. The standard InChI is InChI=1S/C37H40N6O3/c1-40(2)36(44)23-12-10-22(11-13-23)27-7-5-6-24-17-30(42(33(24)27)19-21-8-9-21)35-39-28-16-26(18-31(46-4)34(28)41(35)3)37(45)43-20-25-14-15-29(43)32(25)38/h5-7,10-13,16-18,21,25,29,32H,8-9,14-15,19-20,38H2,1-4H3/t25-,29-,32-/m1/s1. The maximum atomic E-state index is 13.8. The van der Waals surface area contributed by atoms with Crippen molar-refractivity contribution in [3.05, 3.63) is 71.8 Å². The molecule has 0 unspecified atom stereocenters. The molecular weight excluding hydrogens is 576 g/mol. The molecule has 0 radical (unpaired) electrons. The van der Waals surface area contributed by atoms with Crippen LogP contribution in [0, 0.1) is 11.8 Å². The van der Waals surface area contributed by atoms with Crippen LogP contribution in [-0.4, -0.2) is 75.6 Å². The third kappa shape index (κ3) is 4.51. The third-order valence-electron chi connectivity index (χ3n) is 10.5. The van der Waals surface area contributed by atoms with E-state index in [0.717, 1.165) is 70.5 Å². The monoisotopic (exact) mass is 616 g/mol. The van der Waals surface area contributed by atoms with Gasteiger partial charge in [-0.25, -0.2) is 4.98 Å². The smallest absolute Gasteiger partial charge is 0.254 e. The van der Waals surface area contributed by atoms with Gasteiger partial charge in [-0.3, -0.25) is 9.59 Å². The fourth-order valence-corrected chi connectivity index (χ4v) is 7.81. The van der Waals surface area contributed by atoms with E-state index in [2.05, 4.69) is 33.4 Å². The molecule has 3 aromatic carbocycles. The number of imidazole rings is 1. The van der Waals surface area contributed by atoms with Gasteiger partial charge in [0, 0.05) is 68.4 Å². The van der Waals surface area contributed by atoms with Crippen molar-refractivity contribution in [2.75, 3.05) is 27.7 Å². The summed E-state index contributed by atoms with van der Waals surface area (Å²) in [7, 11) is 7.21. The van der Waals surface area contributed by atoms with Gasteiger partial charge in [-0.2, -0.15) is 0 Å². The Labute approximate surface area is 268 Å². The summed E-state index contributed by atoms with van der Waals surface area (Å²) in [6.07, 6.45) is 4.50. The van der Waals surface area contributed by atoms with Crippen LogP contribution in [0.4, 0.5) is 0 Å². The predicted octanol–water partition coefficient (Wildman–Crippen LogP) is 5.54. The summed E-state index contributed by atoms with van der Waals surface area (Å²) in [5.41, 5.74) is 13.7. The van der Waals surface area contributed by atoms with E-state index in [1.807, 2.05) is 48.3 Å². The molecule has 2 amide bonds. The summed E-state index contributed by atoms with van der Waals surface area (Å²) in [4.78, 5) is 35.1. The number of piperidine rings is 1. The first kappa shape index (κ1) is 28.8.